The molecule has 0 aromatic heterocycles. The molecule has 0 radical (unpaired) electrons. The van der Waals surface area contributed by atoms with E-state index in [1.54, 1.807) is 0 Å². The number of nitrogen functional groups attached to an aromatic ring is 1. The lowest BCUT2D eigenvalue weighted by atomic mass is 10.1. The Bertz CT molecular complexity index is 312. The number of hydrogen-bond donors (Lipinski definition) is 2. The van der Waals surface area contributed by atoms with Crippen molar-refractivity contribution in [1.82, 2.24) is 0 Å². The van der Waals surface area contributed by atoms with Gasteiger partial charge in [0, 0.05) is 12.2 Å². The highest BCUT2D eigenvalue weighted by Gasteiger charge is 2.05. The first-order valence-corrected chi connectivity index (χ1v) is 3.42. The molecule has 0 unspecified atom stereocenters. The van der Waals surface area contributed by atoms with Gasteiger partial charge >= 0.3 is 0 Å². The van der Waals surface area contributed by atoms with Crippen molar-refractivity contribution in [3.8, 4) is 0 Å². The van der Waals surface area contributed by atoms with Gasteiger partial charge in [0.1, 0.15) is 5.82 Å². The second-order valence-electron chi connectivity index (χ2n) is 2.39. The summed E-state index contributed by atoms with van der Waals surface area (Å²) in [5.41, 5.74) is 11.6. The van der Waals surface area contributed by atoms with Crippen LogP contribution in [0.25, 0.3) is 0 Å². The van der Waals surface area contributed by atoms with Crippen molar-refractivity contribution in [2.24, 2.45) is 5.73 Å². The smallest absolute Gasteiger partial charge is 0.153 e. The molecule has 0 aliphatic heterocycles. The third-order valence-electron chi connectivity index (χ3n) is 1.61. The van der Waals surface area contributed by atoms with Crippen LogP contribution >= 0.6 is 0 Å². The Morgan fingerprint density at radius 3 is 2.67 bits per heavy atom. The molecular formula is C8H9FN2O. The summed E-state index contributed by atoms with van der Waals surface area (Å²) < 4.78 is 12.8. The van der Waals surface area contributed by atoms with Crippen LogP contribution in [0.1, 0.15) is 15.9 Å². The topological polar surface area (TPSA) is 69.1 Å². The van der Waals surface area contributed by atoms with Gasteiger partial charge in [-0.25, -0.2) is 4.39 Å². The monoisotopic (exact) mass is 168 g/mol. The minimum absolute atomic E-state index is 0.00958. The Hall–Kier alpha value is -1.42. The first-order valence-electron chi connectivity index (χ1n) is 3.42. The maximum absolute atomic E-state index is 12.8. The highest BCUT2D eigenvalue weighted by atomic mass is 19.1. The maximum Gasteiger partial charge on any atom is 0.153 e. The van der Waals surface area contributed by atoms with E-state index in [9.17, 15) is 9.18 Å². The average Bonchev–Trinajstić information content (AvgIpc) is 2.05. The largest absolute Gasteiger partial charge is 0.398 e. The van der Waals surface area contributed by atoms with Gasteiger partial charge in [0.25, 0.3) is 0 Å². The molecule has 0 saturated heterocycles. The Morgan fingerprint density at radius 2 is 2.17 bits per heavy atom. The van der Waals surface area contributed by atoms with Gasteiger partial charge in [-0.05, 0) is 17.7 Å². The van der Waals surface area contributed by atoms with E-state index in [-0.39, 0.29) is 17.8 Å². The maximum atomic E-state index is 12.8. The zero-order valence-corrected chi connectivity index (χ0v) is 6.38. The zero-order chi connectivity index (χ0) is 9.14. The van der Waals surface area contributed by atoms with Crippen LogP contribution in [-0.2, 0) is 6.54 Å². The van der Waals surface area contributed by atoms with Crippen LogP contribution in [-0.4, -0.2) is 6.29 Å². The van der Waals surface area contributed by atoms with Crippen molar-refractivity contribution in [3.63, 3.8) is 0 Å². The molecule has 0 aliphatic rings. The van der Waals surface area contributed by atoms with E-state index in [1.165, 1.54) is 6.07 Å². The second-order valence-corrected chi connectivity index (χ2v) is 2.39. The van der Waals surface area contributed by atoms with Crippen molar-refractivity contribution in [2.45, 2.75) is 6.54 Å². The summed E-state index contributed by atoms with van der Waals surface area (Å²) in [5, 5.41) is 0. The summed E-state index contributed by atoms with van der Waals surface area (Å²) in [5.74, 6) is -0.611. The van der Waals surface area contributed by atoms with Crippen LogP contribution in [0.2, 0.25) is 0 Å². The molecule has 0 bridgehead atoms. The highest BCUT2D eigenvalue weighted by Crippen LogP contribution is 2.15. The molecule has 1 aromatic carbocycles. The fraction of sp³-hybridized carbons (Fsp3) is 0.125. The molecule has 0 saturated carbocycles. The molecule has 1 rings (SSSR count). The first-order chi connectivity index (χ1) is 5.69. The summed E-state index contributed by atoms with van der Waals surface area (Å²) in [6.07, 6.45) is 0.438. The number of anilines is 1. The molecule has 0 fully saturated rings. The Labute approximate surface area is 69.2 Å². The van der Waals surface area contributed by atoms with E-state index in [2.05, 4.69) is 0 Å². The van der Waals surface area contributed by atoms with Gasteiger partial charge in [-0.2, -0.15) is 0 Å². The highest BCUT2D eigenvalue weighted by molar-refractivity contribution is 5.77. The number of carbonyl (C=O) groups excluding carboxylic acids is 1. The number of benzene rings is 1. The summed E-state index contributed by atoms with van der Waals surface area (Å²) in [6.45, 7) is 0.201. The molecule has 1 aromatic rings. The normalized spacial score (nSPS) is 9.83. The van der Waals surface area contributed by atoms with Crippen molar-refractivity contribution in [1.29, 1.82) is 0 Å². The molecule has 0 amide bonds. The fourth-order valence-electron chi connectivity index (χ4n) is 0.920. The number of halogens is 1. The summed E-state index contributed by atoms with van der Waals surface area (Å²) >= 11 is 0. The molecule has 0 atom stereocenters. The first kappa shape index (κ1) is 8.67. The van der Waals surface area contributed by atoms with E-state index < -0.39 is 5.82 Å². The molecular weight excluding hydrogens is 159 g/mol. The lowest BCUT2D eigenvalue weighted by molar-refractivity contribution is 0.112. The van der Waals surface area contributed by atoms with Gasteiger partial charge in [0.2, 0.25) is 0 Å². The Morgan fingerprint density at radius 1 is 1.50 bits per heavy atom. The van der Waals surface area contributed by atoms with Crippen molar-refractivity contribution < 1.29 is 9.18 Å². The Kier molecular flexibility index (Phi) is 2.40. The number of carbonyl (C=O) groups is 1. The summed E-state index contributed by atoms with van der Waals surface area (Å²) in [6, 6.07) is 2.46. The molecule has 0 heterocycles. The van der Waals surface area contributed by atoms with Gasteiger partial charge in [-0.3, -0.25) is 4.79 Å². The van der Waals surface area contributed by atoms with Crippen molar-refractivity contribution in [3.05, 3.63) is 29.1 Å². The van der Waals surface area contributed by atoms with Crippen LogP contribution in [0.4, 0.5) is 10.1 Å². The van der Waals surface area contributed by atoms with Gasteiger partial charge < -0.3 is 11.5 Å². The van der Waals surface area contributed by atoms with E-state index in [4.69, 9.17) is 11.5 Å². The summed E-state index contributed by atoms with van der Waals surface area (Å²) in [7, 11) is 0. The second kappa shape index (κ2) is 3.32. The summed E-state index contributed by atoms with van der Waals surface area (Å²) in [4.78, 5) is 10.3. The van der Waals surface area contributed by atoms with E-state index >= 15 is 0 Å². The fourth-order valence-corrected chi connectivity index (χ4v) is 0.920. The third-order valence-corrected chi connectivity index (χ3v) is 1.61. The number of rotatable bonds is 2. The molecule has 3 nitrogen and oxygen atoms in total. The molecule has 4 heteroatoms. The molecule has 0 spiro atoms. The molecule has 4 N–H and O–H groups in total. The van der Waals surface area contributed by atoms with Crippen molar-refractivity contribution in [2.75, 3.05) is 5.73 Å². The van der Waals surface area contributed by atoms with Crippen LogP contribution in [0.5, 0.6) is 0 Å². The van der Waals surface area contributed by atoms with Crippen LogP contribution < -0.4 is 11.5 Å². The van der Waals surface area contributed by atoms with Crippen LogP contribution in [0.3, 0.4) is 0 Å². The lowest BCUT2D eigenvalue weighted by Gasteiger charge is -2.03. The van der Waals surface area contributed by atoms with Gasteiger partial charge in [-0.1, -0.05) is 0 Å². The quantitative estimate of drug-likeness (QED) is 0.504. The predicted octanol–water partition coefficient (Wildman–Crippen LogP) is 0.679. The standard InChI is InChI=1S/C8H9FN2O/c9-7-2-8(11)5(3-10)1-6(7)4-12/h1-2,4H,3,10-11H2. The molecule has 64 valence electrons. The minimum atomic E-state index is -0.611. The Balaban J connectivity index is 3.26. The van der Waals surface area contributed by atoms with Gasteiger partial charge in [-0.15, -0.1) is 0 Å². The zero-order valence-electron chi connectivity index (χ0n) is 6.38. The van der Waals surface area contributed by atoms with E-state index in [1.807, 2.05) is 0 Å². The van der Waals surface area contributed by atoms with Crippen LogP contribution in [0, 0.1) is 5.82 Å². The molecule has 0 aliphatic carbocycles. The minimum Gasteiger partial charge on any atom is -0.398 e. The van der Waals surface area contributed by atoms with Gasteiger partial charge in [0.15, 0.2) is 6.29 Å². The number of nitrogens with two attached hydrogens (primary N) is 2. The predicted molar refractivity (Wildman–Crippen MR) is 44.1 cm³/mol. The van der Waals surface area contributed by atoms with Gasteiger partial charge in [0.05, 0.1) is 5.56 Å². The van der Waals surface area contributed by atoms with E-state index in [0.717, 1.165) is 6.07 Å². The average molecular weight is 168 g/mol. The van der Waals surface area contributed by atoms with E-state index in [0.29, 0.717) is 11.8 Å². The lowest BCUT2D eigenvalue weighted by Crippen LogP contribution is -2.04. The third kappa shape index (κ3) is 1.43. The number of hydrogen-bond acceptors (Lipinski definition) is 3. The molecule has 12 heavy (non-hydrogen) atoms. The van der Waals surface area contributed by atoms with Crippen LogP contribution in [0.15, 0.2) is 12.1 Å². The van der Waals surface area contributed by atoms with Crippen molar-refractivity contribution >= 4 is 12.0 Å². The SMILES string of the molecule is NCc1cc(C=O)c(F)cc1N. The number of aldehydes is 1.